The van der Waals surface area contributed by atoms with Gasteiger partial charge >= 0.3 is 9.33 Å². The van der Waals surface area contributed by atoms with Gasteiger partial charge in [-0.05, 0) is 24.6 Å². The number of rotatable bonds is 2. The van der Waals surface area contributed by atoms with Crippen LogP contribution in [0.2, 0.25) is 0 Å². The molecular weight excluding hydrogens is 284 g/mol. The Morgan fingerprint density at radius 1 is 1.22 bits per heavy atom. The number of isocyanates is 2. The van der Waals surface area contributed by atoms with Gasteiger partial charge in [0.15, 0.2) is 0 Å². The molecule has 0 atom stereocenters. The maximum absolute atomic E-state index is 10.00. The van der Waals surface area contributed by atoms with Crippen LogP contribution in [0.5, 0.6) is 0 Å². The summed E-state index contributed by atoms with van der Waals surface area (Å²) in [6.07, 6.45) is 2.84. The lowest BCUT2D eigenvalue weighted by atomic mass is 10.2. The van der Waals surface area contributed by atoms with Gasteiger partial charge in [0.1, 0.15) is 0 Å². The molecule has 0 unspecified atom stereocenters. The second kappa shape index (κ2) is 7.50. The van der Waals surface area contributed by atoms with Crippen molar-refractivity contribution in [3.8, 4) is 0 Å². The monoisotopic (exact) mass is 290 g/mol. The van der Waals surface area contributed by atoms with E-state index in [4.69, 9.17) is 13.0 Å². The first-order valence-corrected chi connectivity index (χ1v) is 6.48. The minimum atomic E-state index is -4.19. The summed E-state index contributed by atoms with van der Waals surface area (Å²) in [5, 5.41) is 0. The second-order valence-corrected chi connectivity index (χ2v) is 4.78. The number of hydrogen-bond acceptors (Lipinski definition) is 6. The lowest BCUT2D eigenvalue weighted by Crippen LogP contribution is -1.77. The fraction of sp³-hybridized carbons (Fsp3) is 0.111. The van der Waals surface area contributed by atoms with Crippen molar-refractivity contribution < 1.29 is 22.6 Å². The molecule has 7 nitrogen and oxygen atoms in total. The third-order valence-corrected chi connectivity index (χ3v) is 1.53. The van der Waals surface area contributed by atoms with E-state index in [1.165, 1.54) is 18.2 Å². The molecule has 9 heteroatoms. The number of aryl methyl sites for hydroxylation is 1. The first-order chi connectivity index (χ1) is 8.27. The Hall–Kier alpha value is -1.82. The number of benzene rings is 1. The molecule has 1 aromatic rings. The van der Waals surface area contributed by atoms with E-state index in [9.17, 15) is 9.59 Å². The number of hydrogen-bond donors (Lipinski definition) is 1. The Bertz CT molecular complexity index is 608. The fourth-order valence-corrected chi connectivity index (χ4v) is 0.890. The molecule has 0 fully saturated rings. The molecule has 0 amide bonds. The van der Waals surface area contributed by atoms with Crippen LogP contribution in [0.25, 0.3) is 0 Å². The van der Waals surface area contributed by atoms with Crippen LogP contribution in [-0.2, 0) is 18.9 Å². The Labute approximate surface area is 107 Å². The predicted octanol–water partition coefficient (Wildman–Crippen LogP) is 1.96. The van der Waals surface area contributed by atoms with Gasteiger partial charge in [0.05, 0.1) is 11.4 Å². The standard InChI is InChI=1S/C9H6N2O2.ClHO3S/c1-7-2-3-8(10-5-12)4-9(7)11-6-13;1-5(2,3)4/h2-4H,1H3;(H,2,3,4). The van der Waals surface area contributed by atoms with Gasteiger partial charge in [-0.2, -0.15) is 18.4 Å². The molecule has 18 heavy (non-hydrogen) atoms. The van der Waals surface area contributed by atoms with Crippen LogP contribution >= 0.6 is 10.7 Å². The Balaban J connectivity index is 0.000000494. The Morgan fingerprint density at radius 2 is 1.72 bits per heavy atom. The van der Waals surface area contributed by atoms with Crippen molar-refractivity contribution >= 4 is 43.5 Å². The van der Waals surface area contributed by atoms with Crippen molar-refractivity contribution in [2.75, 3.05) is 0 Å². The topological polar surface area (TPSA) is 113 Å². The van der Waals surface area contributed by atoms with E-state index in [0.29, 0.717) is 11.4 Å². The van der Waals surface area contributed by atoms with Gasteiger partial charge in [-0.3, -0.25) is 4.55 Å². The third kappa shape index (κ3) is 8.35. The lowest BCUT2D eigenvalue weighted by Gasteiger charge is -1.97. The summed E-state index contributed by atoms with van der Waals surface area (Å²) < 4.78 is 25.2. The molecule has 1 rings (SSSR count). The van der Waals surface area contributed by atoms with Gasteiger partial charge in [-0.1, -0.05) is 6.07 Å². The molecule has 0 heterocycles. The molecule has 1 N–H and O–H groups in total. The van der Waals surface area contributed by atoms with Crippen LogP contribution in [0.4, 0.5) is 11.4 Å². The van der Waals surface area contributed by atoms with Crippen LogP contribution < -0.4 is 0 Å². The number of halogens is 1. The first-order valence-electron chi connectivity index (χ1n) is 4.21. The van der Waals surface area contributed by atoms with Crippen molar-refractivity contribution in [3.05, 3.63) is 23.8 Å². The summed E-state index contributed by atoms with van der Waals surface area (Å²) in [5.74, 6) is 0. The zero-order chi connectivity index (χ0) is 14.2. The minimum Gasteiger partial charge on any atom is -0.273 e. The van der Waals surface area contributed by atoms with E-state index in [2.05, 4.69) is 20.7 Å². The molecule has 0 aliphatic heterocycles. The van der Waals surface area contributed by atoms with Crippen molar-refractivity contribution in [3.63, 3.8) is 0 Å². The van der Waals surface area contributed by atoms with Gasteiger partial charge in [0, 0.05) is 10.7 Å². The van der Waals surface area contributed by atoms with E-state index >= 15 is 0 Å². The maximum Gasteiger partial charge on any atom is 0.353 e. The molecule has 0 aliphatic carbocycles. The average molecular weight is 291 g/mol. The molecule has 0 aromatic heterocycles. The van der Waals surface area contributed by atoms with Crippen LogP contribution in [0.3, 0.4) is 0 Å². The van der Waals surface area contributed by atoms with E-state index in [1.54, 1.807) is 19.1 Å². The van der Waals surface area contributed by atoms with Crippen molar-refractivity contribution in [1.82, 2.24) is 0 Å². The highest BCUT2D eigenvalue weighted by molar-refractivity contribution is 8.09. The van der Waals surface area contributed by atoms with Crippen LogP contribution in [0.15, 0.2) is 28.2 Å². The summed E-state index contributed by atoms with van der Waals surface area (Å²) in [4.78, 5) is 26.8. The van der Waals surface area contributed by atoms with Crippen LogP contribution in [0.1, 0.15) is 5.56 Å². The van der Waals surface area contributed by atoms with E-state index in [1.807, 2.05) is 0 Å². The third-order valence-electron chi connectivity index (χ3n) is 1.53. The second-order valence-electron chi connectivity index (χ2n) is 2.79. The van der Waals surface area contributed by atoms with Gasteiger partial charge in [0.25, 0.3) is 0 Å². The van der Waals surface area contributed by atoms with Crippen LogP contribution in [-0.4, -0.2) is 25.1 Å². The number of aliphatic imine (C=N–C) groups is 2. The highest BCUT2D eigenvalue weighted by atomic mass is 35.7. The fourth-order valence-electron chi connectivity index (χ4n) is 0.890. The normalized spacial score (nSPS) is 9.28. The average Bonchev–Trinajstić information content (AvgIpc) is 2.21. The van der Waals surface area contributed by atoms with Gasteiger partial charge < -0.3 is 0 Å². The largest absolute Gasteiger partial charge is 0.353 e. The summed E-state index contributed by atoms with van der Waals surface area (Å²) in [6, 6.07) is 4.88. The van der Waals surface area contributed by atoms with E-state index < -0.39 is 9.33 Å². The molecule has 0 saturated carbocycles. The van der Waals surface area contributed by atoms with Gasteiger partial charge in [0.2, 0.25) is 12.2 Å². The number of carbonyl (C=O) groups excluding carboxylic acids is 2. The molecular formula is C9H7ClN2O5S. The predicted molar refractivity (Wildman–Crippen MR) is 64.1 cm³/mol. The molecule has 0 radical (unpaired) electrons. The molecule has 0 spiro atoms. The molecule has 0 saturated heterocycles. The van der Waals surface area contributed by atoms with Gasteiger partial charge in [-0.25, -0.2) is 9.59 Å². The maximum atomic E-state index is 10.00. The van der Waals surface area contributed by atoms with Gasteiger partial charge in [-0.15, -0.1) is 0 Å². The first kappa shape index (κ1) is 16.2. The highest BCUT2D eigenvalue weighted by Gasteiger charge is 1.97. The summed E-state index contributed by atoms with van der Waals surface area (Å²) in [5.41, 5.74) is 1.72. The Morgan fingerprint density at radius 3 is 2.17 bits per heavy atom. The molecule has 0 bridgehead atoms. The SMILES string of the molecule is Cc1ccc(N=C=O)cc1N=C=O.O=S(=O)(O)Cl. The lowest BCUT2D eigenvalue weighted by molar-refractivity contribution is 0.501. The quantitative estimate of drug-likeness (QED) is 0.387. The van der Waals surface area contributed by atoms with E-state index in [0.717, 1.165) is 5.56 Å². The smallest absolute Gasteiger partial charge is 0.273 e. The van der Waals surface area contributed by atoms with Crippen molar-refractivity contribution in [2.24, 2.45) is 9.98 Å². The summed E-state index contributed by atoms with van der Waals surface area (Å²) in [6.45, 7) is 1.80. The molecule has 1 aromatic carbocycles. The molecule has 96 valence electrons. The van der Waals surface area contributed by atoms with Crippen molar-refractivity contribution in [1.29, 1.82) is 0 Å². The minimum absolute atomic E-state index is 0.426. The van der Waals surface area contributed by atoms with E-state index in [-0.39, 0.29) is 0 Å². The summed E-state index contributed by atoms with van der Waals surface area (Å²) in [7, 11) is -0.137. The number of nitrogens with zero attached hydrogens (tertiary/aromatic N) is 2. The Kier molecular flexibility index (Phi) is 6.74. The summed E-state index contributed by atoms with van der Waals surface area (Å²) >= 11 is 0. The zero-order valence-corrected chi connectivity index (χ0v) is 10.6. The van der Waals surface area contributed by atoms with Crippen molar-refractivity contribution in [2.45, 2.75) is 6.92 Å². The van der Waals surface area contributed by atoms with Crippen LogP contribution in [0, 0.1) is 6.92 Å². The highest BCUT2D eigenvalue weighted by Crippen LogP contribution is 2.23. The molecule has 0 aliphatic rings. The zero-order valence-electron chi connectivity index (χ0n) is 8.99.